The summed E-state index contributed by atoms with van der Waals surface area (Å²) >= 11 is 2.94. The van der Waals surface area contributed by atoms with Gasteiger partial charge in [-0.25, -0.2) is 0 Å². The lowest BCUT2D eigenvalue weighted by Gasteiger charge is -1.95. The third-order valence-corrected chi connectivity index (χ3v) is 2.19. The quantitative estimate of drug-likeness (QED) is 0.693. The highest BCUT2D eigenvalue weighted by Crippen LogP contribution is 2.24. The van der Waals surface area contributed by atoms with Crippen molar-refractivity contribution in [1.29, 1.82) is 0 Å². The minimum Gasteiger partial charge on any atom is -0.356 e. The van der Waals surface area contributed by atoms with Crippen LogP contribution >= 0.6 is 15.9 Å². The predicted molar refractivity (Wildman–Crippen MR) is 77.6 cm³/mol. The van der Waals surface area contributed by atoms with Crippen LogP contribution in [-0.2, 0) is 0 Å². The molecule has 0 bridgehead atoms. The van der Waals surface area contributed by atoms with Crippen molar-refractivity contribution < 1.29 is 4.52 Å². The fourth-order valence-corrected chi connectivity index (χ4v) is 1.27. The standard InChI is InChI=1S/C11H11NO.C2H6.CH3Br/c1-8-9(2)12-13-11(8)10-6-4-3-5-7-10;2*1-2/h3-7H,1-2H3;1-2H3;1H3. The highest BCUT2D eigenvalue weighted by atomic mass is 79.9. The molecular weight excluding hydrogens is 278 g/mol. The molecule has 0 saturated carbocycles. The van der Waals surface area contributed by atoms with Crippen molar-refractivity contribution in [3.63, 3.8) is 0 Å². The molecule has 1 aromatic heterocycles. The van der Waals surface area contributed by atoms with Crippen LogP contribution in [0.15, 0.2) is 34.9 Å². The number of rotatable bonds is 1. The molecule has 0 aliphatic rings. The van der Waals surface area contributed by atoms with Crippen LogP contribution in [0.2, 0.25) is 0 Å². The second-order valence-electron chi connectivity index (χ2n) is 3.09. The van der Waals surface area contributed by atoms with Gasteiger partial charge in [0.05, 0.1) is 5.69 Å². The van der Waals surface area contributed by atoms with Crippen molar-refractivity contribution >= 4 is 15.9 Å². The first kappa shape index (κ1) is 15.9. The van der Waals surface area contributed by atoms with E-state index in [1.807, 2.05) is 63.9 Å². The Hall–Kier alpha value is -1.09. The summed E-state index contributed by atoms with van der Waals surface area (Å²) in [6, 6.07) is 10.0. The van der Waals surface area contributed by atoms with E-state index in [1.54, 1.807) is 0 Å². The topological polar surface area (TPSA) is 26.0 Å². The average Bonchev–Trinajstić information content (AvgIpc) is 2.76. The summed E-state index contributed by atoms with van der Waals surface area (Å²) in [5.41, 5.74) is 3.16. The van der Waals surface area contributed by atoms with E-state index < -0.39 is 0 Å². The molecule has 2 aromatic rings. The van der Waals surface area contributed by atoms with Gasteiger partial charge in [-0.15, -0.1) is 0 Å². The Morgan fingerprint density at radius 2 is 1.53 bits per heavy atom. The Labute approximate surface area is 112 Å². The van der Waals surface area contributed by atoms with Gasteiger partial charge in [-0.3, -0.25) is 0 Å². The maximum Gasteiger partial charge on any atom is 0.170 e. The molecule has 0 unspecified atom stereocenters. The van der Waals surface area contributed by atoms with Crippen molar-refractivity contribution in [2.24, 2.45) is 0 Å². The van der Waals surface area contributed by atoms with Crippen LogP contribution in [0.1, 0.15) is 25.1 Å². The molecule has 0 spiro atoms. The normalized spacial score (nSPS) is 8.59. The van der Waals surface area contributed by atoms with Gasteiger partial charge in [0.25, 0.3) is 0 Å². The van der Waals surface area contributed by atoms with Crippen molar-refractivity contribution in [3.05, 3.63) is 41.6 Å². The van der Waals surface area contributed by atoms with Gasteiger partial charge in [0.15, 0.2) is 5.76 Å². The fraction of sp³-hybridized carbons (Fsp3) is 0.357. The number of halogens is 1. The van der Waals surface area contributed by atoms with E-state index in [2.05, 4.69) is 21.1 Å². The SMILES string of the molecule is CBr.CC.Cc1noc(-c2ccccc2)c1C. The van der Waals surface area contributed by atoms with E-state index in [-0.39, 0.29) is 0 Å². The minimum atomic E-state index is 0.873. The molecule has 0 saturated heterocycles. The molecule has 2 rings (SSSR count). The van der Waals surface area contributed by atoms with Crippen molar-refractivity contribution in [2.75, 3.05) is 5.83 Å². The second kappa shape index (κ2) is 8.99. The lowest BCUT2D eigenvalue weighted by molar-refractivity contribution is 0.427. The molecule has 0 aliphatic carbocycles. The molecule has 0 radical (unpaired) electrons. The summed E-state index contributed by atoms with van der Waals surface area (Å²) in [7, 11) is 0. The van der Waals surface area contributed by atoms with Gasteiger partial charge < -0.3 is 4.52 Å². The number of hydrogen-bond acceptors (Lipinski definition) is 2. The fourth-order valence-electron chi connectivity index (χ4n) is 1.27. The second-order valence-corrected chi connectivity index (χ2v) is 3.09. The van der Waals surface area contributed by atoms with Crippen LogP contribution in [0.4, 0.5) is 0 Å². The molecule has 0 fully saturated rings. The van der Waals surface area contributed by atoms with Crippen LogP contribution in [-0.4, -0.2) is 11.0 Å². The van der Waals surface area contributed by atoms with E-state index in [9.17, 15) is 0 Å². The van der Waals surface area contributed by atoms with E-state index in [4.69, 9.17) is 4.52 Å². The Morgan fingerprint density at radius 3 is 1.94 bits per heavy atom. The van der Waals surface area contributed by atoms with E-state index in [1.165, 1.54) is 0 Å². The zero-order valence-corrected chi connectivity index (χ0v) is 12.7. The van der Waals surface area contributed by atoms with Crippen LogP contribution < -0.4 is 0 Å². The Bertz CT molecular complexity index is 409. The number of benzene rings is 1. The largest absolute Gasteiger partial charge is 0.356 e. The third kappa shape index (κ3) is 4.35. The number of aryl methyl sites for hydroxylation is 1. The summed E-state index contributed by atoms with van der Waals surface area (Å²) in [5.74, 6) is 2.69. The number of aromatic nitrogens is 1. The molecule has 3 heteroatoms. The summed E-state index contributed by atoms with van der Waals surface area (Å²) in [4.78, 5) is 0. The van der Waals surface area contributed by atoms with Gasteiger partial charge >= 0.3 is 0 Å². The van der Waals surface area contributed by atoms with Crippen molar-refractivity contribution in [2.45, 2.75) is 27.7 Å². The molecule has 1 heterocycles. The average molecular weight is 298 g/mol. The molecule has 2 nitrogen and oxygen atoms in total. The van der Waals surface area contributed by atoms with E-state index in [0.717, 1.165) is 22.6 Å². The number of alkyl halides is 1. The van der Waals surface area contributed by atoms with Gasteiger partial charge in [0.1, 0.15) is 0 Å². The predicted octanol–water partition coefficient (Wildman–Crippen LogP) is 5.00. The minimum absolute atomic E-state index is 0.873. The maximum absolute atomic E-state index is 5.23. The smallest absolute Gasteiger partial charge is 0.170 e. The molecule has 17 heavy (non-hydrogen) atoms. The van der Waals surface area contributed by atoms with Crippen LogP contribution in [0.5, 0.6) is 0 Å². The Balaban J connectivity index is 0.000000581. The maximum atomic E-state index is 5.23. The monoisotopic (exact) mass is 297 g/mol. The molecule has 0 aliphatic heterocycles. The molecule has 94 valence electrons. The van der Waals surface area contributed by atoms with Crippen LogP contribution in [0.25, 0.3) is 11.3 Å². The highest BCUT2D eigenvalue weighted by Gasteiger charge is 2.09. The van der Waals surface area contributed by atoms with E-state index >= 15 is 0 Å². The summed E-state index contributed by atoms with van der Waals surface area (Å²) in [6.07, 6.45) is 0. The van der Waals surface area contributed by atoms with E-state index in [0.29, 0.717) is 0 Å². The number of nitrogens with zero attached hydrogens (tertiary/aromatic N) is 1. The zero-order valence-electron chi connectivity index (χ0n) is 11.1. The number of hydrogen-bond donors (Lipinski definition) is 0. The van der Waals surface area contributed by atoms with Gasteiger partial charge in [-0.2, -0.15) is 0 Å². The first-order chi connectivity index (χ1) is 8.29. The van der Waals surface area contributed by atoms with Crippen LogP contribution in [0, 0.1) is 13.8 Å². The Morgan fingerprint density at radius 1 is 1.00 bits per heavy atom. The third-order valence-electron chi connectivity index (χ3n) is 2.19. The van der Waals surface area contributed by atoms with Gasteiger partial charge in [-0.1, -0.05) is 65.3 Å². The van der Waals surface area contributed by atoms with Crippen LogP contribution in [0.3, 0.4) is 0 Å². The first-order valence-electron chi connectivity index (χ1n) is 5.65. The Kier molecular flexibility index (Phi) is 8.42. The van der Waals surface area contributed by atoms with Gasteiger partial charge in [-0.05, 0) is 19.7 Å². The van der Waals surface area contributed by atoms with Gasteiger partial charge in [0.2, 0.25) is 0 Å². The van der Waals surface area contributed by atoms with Crippen molar-refractivity contribution in [1.82, 2.24) is 5.16 Å². The zero-order chi connectivity index (χ0) is 13.3. The molecular formula is C14H20BrNO. The van der Waals surface area contributed by atoms with Crippen molar-refractivity contribution in [3.8, 4) is 11.3 Å². The summed E-state index contributed by atoms with van der Waals surface area (Å²) < 4.78 is 5.23. The molecule has 0 atom stereocenters. The highest BCUT2D eigenvalue weighted by molar-refractivity contribution is 9.08. The lowest BCUT2D eigenvalue weighted by atomic mass is 10.1. The summed E-state index contributed by atoms with van der Waals surface area (Å²) in [5, 5.41) is 3.92. The molecule has 0 amide bonds. The molecule has 0 N–H and O–H groups in total. The van der Waals surface area contributed by atoms with Gasteiger partial charge in [0, 0.05) is 11.1 Å². The summed E-state index contributed by atoms with van der Waals surface area (Å²) in [6.45, 7) is 7.97. The lowest BCUT2D eigenvalue weighted by Crippen LogP contribution is -1.77. The molecule has 1 aromatic carbocycles. The first-order valence-corrected chi connectivity index (χ1v) is 7.23.